The normalized spacial score (nSPS) is 15.5. The summed E-state index contributed by atoms with van der Waals surface area (Å²) in [6.45, 7) is 5.09. The summed E-state index contributed by atoms with van der Waals surface area (Å²) in [5.74, 6) is 0.0739. The average molecular weight is 431 g/mol. The number of ether oxygens (including phenoxy) is 2. The Hall–Kier alpha value is -3.07. The van der Waals surface area contributed by atoms with E-state index < -0.39 is 5.37 Å². The third-order valence-electron chi connectivity index (χ3n) is 4.14. The van der Waals surface area contributed by atoms with Gasteiger partial charge in [-0.3, -0.25) is 9.59 Å². The van der Waals surface area contributed by atoms with E-state index in [1.165, 1.54) is 36.7 Å². The van der Waals surface area contributed by atoms with Crippen molar-refractivity contribution in [3.8, 4) is 11.5 Å². The van der Waals surface area contributed by atoms with Crippen molar-refractivity contribution < 1.29 is 23.5 Å². The maximum Gasteiger partial charge on any atom is 0.241 e. The molecule has 0 unspecified atom stereocenters. The van der Waals surface area contributed by atoms with Gasteiger partial charge in [-0.15, -0.1) is 5.10 Å². The molecule has 2 aromatic carbocycles. The second-order valence-corrected chi connectivity index (χ2v) is 7.51. The second-order valence-electron chi connectivity index (χ2n) is 6.44. The van der Waals surface area contributed by atoms with E-state index in [1.54, 1.807) is 36.4 Å². The van der Waals surface area contributed by atoms with Crippen molar-refractivity contribution >= 4 is 28.7 Å². The number of benzene rings is 2. The Morgan fingerprint density at radius 1 is 1.17 bits per heavy atom. The number of rotatable bonds is 6. The fourth-order valence-electron chi connectivity index (χ4n) is 2.82. The molecule has 1 heterocycles. The quantitative estimate of drug-likeness (QED) is 0.753. The maximum absolute atomic E-state index is 13.9. The molecule has 1 aliphatic rings. The van der Waals surface area contributed by atoms with Gasteiger partial charge in [0.2, 0.25) is 11.8 Å². The van der Waals surface area contributed by atoms with E-state index >= 15 is 0 Å². The zero-order chi connectivity index (χ0) is 21.7. The van der Waals surface area contributed by atoms with E-state index in [-0.39, 0.29) is 24.2 Å². The van der Waals surface area contributed by atoms with Gasteiger partial charge in [-0.25, -0.2) is 9.40 Å². The number of carbonyl (C=O) groups excluding carboxylic acids is 2. The highest BCUT2D eigenvalue weighted by Gasteiger charge is 2.33. The van der Waals surface area contributed by atoms with Crippen LogP contribution in [0.15, 0.2) is 47.6 Å². The number of hydrogen-bond acceptors (Lipinski definition) is 6. The molecule has 3 rings (SSSR count). The van der Waals surface area contributed by atoms with Crippen LogP contribution in [0.25, 0.3) is 0 Å². The van der Waals surface area contributed by atoms with Crippen LogP contribution >= 0.6 is 11.8 Å². The van der Waals surface area contributed by atoms with Gasteiger partial charge < -0.3 is 14.8 Å². The van der Waals surface area contributed by atoms with Crippen molar-refractivity contribution in [1.82, 2.24) is 10.3 Å². The molecular weight excluding hydrogens is 409 g/mol. The van der Waals surface area contributed by atoms with Gasteiger partial charge in [0, 0.05) is 19.4 Å². The van der Waals surface area contributed by atoms with Crippen LogP contribution in [0.5, 0.6) is 11.5 Å². The lowest BCUT2D eigenvalue weighted by atomic mass is 10.2. The SMILES string of the molecule is CCOc1cc([C@@H]2SC(NC(C)=O)=NN2C(C)=O)ccc1OCc1ccccc1F. The van der Waals surface area contributed by atoms with E-state index in [2.05, 4.69) is 10.4 Å². The topological polar surface area (TPSA) is 80.2 Å². The van der Waals surface area contributed by atoms with E-state index in [4.69, 9.17) is 9.47 Å². The highest BCUT2D eigenvalue weighted by molar-refractivity contribution is 8.14. The summed E-state index contributed by atoms with van der Waals surface area (Å²) in [4.78, 5) is 23.4. The summed E-state index contributed by atoms with van der Waals surface area (Å²) in [5, 5.41) is 8.00. The number of carbonyl (C=O) groups is 2. The molecule has 0 aliphatic carbocycles. The number of nitrogens with zero attached hydrogens (tertiary/aromatic N) is 2. The van der Waals surface area contributed by atoms with Gasteiger partial charge in [-0.05, 0) is 30.7 Å². The molecule has 2 amide bonds. The van der Waals surface area contributed by atoms with Crippen molar-refractivity contribution in [2.75, 3.05) is 6.61 Å². The average Bonchev–Trinajstić information content (AvgIpc) is 3.12. The highest BCUT2D eigenvalue weighted by atomic mass is 32.2. The van der Waals surface area contributed by atoms with Crippen LogP contribution in [0.2, 0.25) is 0 Å². The Kier molecular flexibility index (Phi) is 6.94. The Labute approximate surface area is 178 Å². The summed E-state index contributed by atoms with van der Waals surface area (Å²) in [7, 11) is 0. The lowest BCUT2D eigenvalue weighted by molar-refractivity contribution is -0.129. The monoisotopic (exact) mass is 431 g/mol. The van der Waals surface area contributed by atoms with E-state index in [9.17, 15) is 14.0 Å². The number of amidine groups is 1. The van der Waals surface area contributed by atoms with Gasteiger partial charge in [0.25, 0.3) is 0 Å². The molecule has 1 atom stereocenters. The molecule has 0 radical (unpaired) electrons. The number of hydrazone groups is 1. The molecule has 0 saturated carbocycles. The number of thioether (sulfide) groups is 1. The summed E-state index contributed by atoms with van der Waals surface area (Å²) in [6, 6.07) is 11.7. The van der Waals surface area contributed by atoms with Gasteiger partial charge >= 0.3 is 0 Å². The van der Waals surface area contributed by atoms with Crippen LogP contribution in [0.3, 0.4) is 0 Å². The molecule has 158 valence electrons. The van der Waals surface area contributed by atoms with Crippen LogP contribution in [-0.2, 0) is 16.2 Å². The molecule has 0 fully saturated rings. The number of amides is 2. The first-order valence-electron chi connectivity index (χ1n) is 9.34. The van der Waals surface area contributed by atoms with Gasteiger partial charge in [0.15, 0.2) is 16.7 Å². The predicted molar refractivity (Wildman–Crippen MR) is 112 cm³/mol. The van der Waals surface area contributed by atoms with E-state index in [0.717, 1.165) is 5.56 Å². The smallest absolute Gasteiger partial charge is 0.241 e. The van der Waals surface area contributed by atoms with Crippen LogP contribution in [0, 0.1) is 5.82 Å². The summed E-state index contributed by atoms with van der Waals surface area (Å²) in [6.07, 6.45) is 0. The first-order chi connectivity index (χ1) is 14.4. The Morgan fingerprint density at radius 3 is 2.60 bits per heavy atom. The van der Waals surface area contributed by atoms with Gasteiger partial charge in [0.1, 0.15) is 17.8 Å². The van der Waals surface area contributed by atoms with Crippen molar-refractivity contribution in [3.63, 3.8) is 0 Å². The third-order valence-corrected chi connectivity index (χ3v) is 5.25. The zero-order valence-corrected chi connectivity index (χ0v) is 17.7. The molecule has 1 aliphatic heterocycles. The molecule has 0 saturated heterocycles. The fourth-order valence-corrected chi connectivity index (χ4v) is 3.94. The minimum atomic E-state index is -0.454. The van der Waals surface area contributed by atoms with E-state index in [1.807, 2.05) is 6.92 Å². The van der Waals surface area contributed by atoms with Crippen LogP contribution in [-0.4, -0.2) is 28.6 Å². The van der Waals surface area contributed by atoms with Crippen LogP contribution in [0.1, 0.15) is 37.3 Å². The minimum Gasteiger partial charge on any atom is -0.490 e. The minimum absolute atomic E-state index is 0.0552. The van der Waals surface area contributed by atoms with Gasteiger partial charge in [-0.1, -0.05) is 36.0 Å². The number of hydrogen-bond donors (Lipinski definition) is 1. The number of nitrogens with one attached hydrogen (secondary N) is 1. The first kappa shape index (κ1) is 21.6. The van der Waals surface area contributed by atoms with Crippen molar-refractivity contribution in [3.05, 3.63) is 59.4 Å². The lowest BCUT2D eigenvalue weighted by Crippen LogP contribution is -2.25. The fraction of sp³-hybridized carbons (Fsp3) is 0.286. The zero-order valence-electron chi connectivity index (χ0n) is 16.8. The summed E-state index contributed by atoms with van der Waals surface area (Å²) >= 11 is 1.25. The van der Waals surface area contributed by atoms with Crippen molar-refractivity contribution in [1.29, 1.82) is 0 Å². The molecule has 7 nitrogen and oxygen atoms in total. The Bertz CT molecular complexity index is 982. The Morgan fingerprint density at radius 2 is 1.93 bits per heavy atom. The lowest BCUT2D eigenvalue weighted by Gasteiger charge is -2.21. The summed E-state index contributed by atoms with van der Waals surface area (Å²) < 4.78 is 25.3. The van der Waals surface area contributed by atoms with Crippen molar-refractivity contribution in [2.24, 2.45) is 5.10 Å². The second kappa shape index (κ2) is 9.62. The van der Waals surface area contributed by atoms with E-state index in [0.29, 0.717) is 28.8 Å². The van der Waals surface area contributed by atoms with Gasteiger partial charge in [0.05, 0.1) is 6.61 Å². The molecule has 0 aromatic heterocycles. The summed E-state index contributed by atoms with van der Waals surface area (Å²) in [5.41, 5.74) is 1.19. The van der Waals surface area contributed by atoms with Crippen LogP contribution in [0.4, 0.5) is 4.39 Å². The molecule has 1 N–H and O–H groups in total. The van der Waals surface area contributed by atoms with Gasteiger partial charge in [-0.2, -0.15) is 0 Å². The Balaban J connectivity index is 1.82. The maximum atomic E-state index is 13.9. The number of halogens is 1. The highest BCUT2D eigenvalue weighted by Crippen LogP contribution is 2.41. The molecule has 9 heteroatoms. The molecule has 30 heavy (non-hydrogen) atoms. The molecule has 0 spiro atoms. The third kappa shape index (κ3) is 5.10. The molecule has 2 aromatic rings. The van der Waals surface area contributed by atoms with Crippen LogP contribution < -0.4 is 14.8 Å². The first-order valence-corrected chi connectivity index (χ1v) is 10.2. The predicted octanol–water partition coefficient (Wildman–Crippen LogP) is 3.80. The molecular formula is C21H22FN3O4S. The van der Waals surface area contributed by atoms with Crippen molar-refractivity contribution in [2.45, 2.75) is 32.8 Å². The largest absolute Gasteiger partial charge is 0.490 e. The standard InChI is InChI=1S/C21H22FN3O4S/c1-4-28-19-11-15(20-25(14(3)27)24-21(30-20)23-13(2)26)9-10-18(19)29-12-16-7-5-6-8-17(16)22/h5-11,20H,4,12H2,1-3H3,(H,23,24,26)/t20-/m0/s1. The molecule has 0 bridgehead atoms.